The SMILES string of the molecule is O=C1CN(CCCCCCN2CC[C@@H]3[C@@H](C2)c2cc(F)ccc2N3c2ccc(F)cc2)C(=O)N1. The Labute approximate surface area is 198 Å². The van der Waals surface area contributed by atoms with Crippen LogP contribution in [0.15, 0.2) is 42.5 Å². The van der Waals surface area contributed by atoms with E-state index in [-0.39, 0.29) is 42.1 Å². The number of unbranched alkanes of at least 4 members (excludes halogenated alkanes) is 3. The molecule has 0 spiro atoms. The Bertz CT molecular complexity index is 1060. The van der Waals surface area contributed by atoms with Gasteiger partial charge in [0, 0.05) is 43.0 Å². The number of anilines is 2. The van der Waals surface area contributed by atoms with Crippen LogP contribution in [0.5, 0.6) is 0 Å². The number of hydrogen-bond donors (Lipinski definition) is 1. The summed E-state index contributed by atoms with van der Waals surface area (Å²) in [5, 5.41) is 2.30. The largest absolute Gasteiger partial charge is 0.337 e. The average molecular weight is 469 g/mol. The number of rotatable bonds is 8. The van der Waals surface area contributed by atoms with Crippen molar-refractivity contribution in [1.29, 1.82) is 0 Å². The lowest BCUT2D eigenvalue weighted by Gasteiger charge is -2.39. The van der Waals surface area contributed by atoms with E-state index in [0.717, 1.165) is 68.7 Å². The van der Waals surface area contributed by atoms with Crippen molar-refractivity contribution < 1.29 is 18.4 Å². The molecule has 2 fully saturated rings. The first kappa shape index (κ1) is 22.8. The zero-order chi connectivity index (χ0) is 23.7. The highest BCUT2D eigenvalue weighted by Gasteiger charge is 2.42. The second-order valence-corrected chi connectivity index (χ2v) is 9.50. The van der Waals surface area contributed by atoms with Crippen LogP contribution in [-0.2, 0) is 4.79 Å². The Balaban J connectivity index is 1.15. The number of imide groups is 1. The lowest BCUT2D eigenvalue weighted by molar-refractivity contribution is -0.118. The molecule has 3 aliphatic rings. The maximum Gasteiger partial charge on any atom is 0.324 e. The van der Waals surface area contributed by atoms with E-state index in [0.29, 0.717) is 6.54 Å². The smallest absolute Gasteiger partial charge is 0.324 e. The summed E-state index contributed by atoms with van der Waals surface area (Å²) >= 11 is 0. The van der Waals surface area contributed by atoms with E-state index in [1.807, 2.05) is 6.07 Å². The van der Waals surface area contributed by atoms with Crippen molar-refractivity contribution in [3.63, 3.8) is 0 Å². The summed E-state index contributed by atoms with van der Waals surface area (Å²) in [7, 11) is 0. The van der Waals surface area contributed by atoms with Crippen molar-refractivity contribution in [1.82, 2.24) is 15.1 Å². The summed E-state index contributed by atoms with van der Waals surface area (Å²) in [6, 6.07) is 11.6. The van der Waals surface area contributed by atoms with Gasteiger partial charge in [-0.3, -0.25) is 10.1 Å². The zero-order valence-corrected chi connectivity index (χ0v) is 19.2. The molecule has 3 heterocycles. The van der Waals surface area contributed by atoms with E-state index in [9.17, 15) is 18.4 Å². The highest BCUT2D eigenvalue weighted by Crippen LogP contribution is 2.48. The van der Waals surface area contributed by atoms with E-state index >= 15 is 0 Å². The molecule has 180 valence electrons. The van der Waals surface area contributed by atoms with Crippen molar-refractivity contribution in [2.45, 2.75) is 44.1 Å². The van der Waals surface area contributed by atoms with Gasteiger partial charge in [-0.2, -0.15) is 0 Å². The number of nitrogens with one attached hydrogen (secondary N) is 1. The van der Waals surface area contributed by atoms with Crippen LogP contribution < -0.4 is 10.2 Å². The summed E-state index contributed by atoms with van der Waals surface area (Å²) in [6.45, 7) is 3.64. The second-order valence-electron chi connectivity index (χ2n) is 9.50. The van der Waals surface area contributed by atoms with Gasteiger partial charge in [0.1, 0.15) is 18.2 Å². The number of piperidine rings is 1. The molecule has 2 saturated heterocycles. The molecule has 6 nitrogen and oxygen atoms in total. The molecule has 3 amide bonds. The van der Waals surface area contributed by atoms with Gasteiger partial charge in [-0.15, -0.1) is 0 Å². The van der Waals surface area contributed by atoms with Crippen LogP contribution >= 0.6 is 0 Å². The number of carbonyl (C=O) groups excluding carboxylic acids is 2. The molecule has 2 aromatic carbocycles. The van der Waals surface area contributed by atoms with Crippen LogP contribution in [0.25, 0.3) is 0 Å². The third-order valence-electron chi connectivity index (χ3n) is 7.27. The molecule has 0 aliphatic carbocycles. The number of amides is 3. The fourth-order valence-electron chi connectivity index (χ4n) is 5.63. The number of nitrogens with zero attached hydrogens (tertiary/aromatic N) is 3. The van der Waals surface area contributed by atoms with Crippen LogP contribution in [0.1, 0.15) is 43.6 Å². The predicted molar refractivity (Wildman–Crippen MR) is 126 cm³/mol. The first-order valence-electron chi connectivity index (χ1n) is 12.1. The number of halogens is 2. The normalized spacial score (nSPS) is 22.2. The summed E-state index contributed by atoms with van der Waals surface area (Å²) < 4.78 is 27.7. The summed E-state index contributed by atoms with van der Waals surface area (Å²) in [5.41, 5.74) is 3.01. The Morgan fingerprint density at radius 3 is 2.38 bits per heavy atom. The molecule has 2 atom stereocenters. The van der Waals surface area contributed by atoms with Crippen molar-refractivity contribution >= 4 is 23.3 Å². The standard InChI is InChI=1S/C26H30F2N4O2/c27-18-5-8-20(9-6-18)32-23-10-7-19(28)15-21(23)22-16-30(14-11-24(22)32)12-3-1-2-4-13-31-17-25(33)29-26(31)34/h5-10,15,22,24H,1-4,11-14,16-17H2,(H,29,33,34)/t22-,24+/m0/s1. The lowest BCUT2D eigenvalue weighted by Crippen LogP contribution is -2.45. The minimum absolute atomic E-state index is 0.173. The van der Waals surface area contributed by atoms with Crippen molar-refractivity contribution in [3.8, 4) is 0 Å². The van der Waals surface area contributed by atoms with Crippen molar-refractivity contribution in [3.05, 3.63) is 59.7 Å². The van der Waals surface area contributed by atoms with Gasteiger partial charge in [0.05, 0.1) is 0 Å². The fourth-order valence-corrected chi connectivity index (χ4v) is 5.63. The third-order valence-corrected chi connectivity index (χ3v) is 7.27. The second kappa shape index (κ2) is 9.70. The van der Waals surface area contributed by atoms with Gasteiger partial charge in [0.2, 0.25) is 5.91 Å². The Morgan fingerprint density at radius 2 is 1.65 bits per heavy atom. The Hall–Kier alpha value is -3.00. The van der Waals surface area contributed by atoms with Gasteiger partial charge in [0.15, 0.2) is 0 Å². The molecule has 0 aromatic heterocycles. The molecule has 8 heteroatoms. The Kier molecular flexibility index (Phi) is 6.50. The zero-order valence-electron chi connectivity index (χ0n) is 19.2. The van der Waals surface area contributed by atoms with E-state index in [4.69, 9.17) is 0 Å². The van der Waals surface area contributed by atoms with Crippen molar-refractivity contribution in [2.75, 3.05) is 37.6 Å². The summed E-state index contributed by atoms with van der Waals surface area (Å²) in [4.78, 5) is 29.1. The van der Waals surface area contributed by atoms with E-state index in [2.05, 4.69) is 15.1 Å². The molecule has 0 unspecified atom stereocenters. The minimum Gasteiger partial charge on any atom is -0.337 e. The number of benzene rings is 2. The highest BCUT2D eigenvalue weighted by atomic mass is 19.1. The van der Waals surface area contributed by atoms with Crippen LogP contribution in [-0.4, -0.2) is 60.5 Å². The number of fused-ring (bicyclic) bond motifs is 3. The van der Waals surface area contributed by atoms with Gasteiger partial charge in [0.25, 0.3) is 0 Å². The molecule has 3 aliphatic heterocycles. The van der Waals surface area contributed by atoms with E-state index < -0.39 is 0 Å². The van der Waals surface area contributed by atoms with Gasteiger partial charge in [-0.05, 0) is 73.8 Å². The monoisotopic (exact) mass is 468 g/mol. The van der Waals surface area contributed by atoms with Crippen LogP contribution in [0.4, 0.5) is 25.0 Å². The molecular weight excluding hydrogens is 438 g/mol. The van der Waals surface area contributed by atoms with Gasteiger partial charge in [-0.1, -0.05) is 12.8 Å². The molecule has 34 heavy (non-hydrogen) atoms. The number of carbonyl (C=O) groups is 2. The Morgan fingerprint density at radius 1 is 0.912 bits per heavy atom. The minimum atomic E-state index is -0.282. The third kappa shape index (κ3) is 4.64. The predicted octanol–water partition coefficient (Wildman–Crippen LogP) is 4.39. The molecular formula is C26H30F2N4O2. The molecule has 0 bridgehead atoms. The van der Waals surface area contributed by atoms with Gasteiger partial charge < -0.3 is 14.7 Å². The molecule has 1 N–H and O–H groups in total. The maximum atomic E-state index is 14.2. The fraction of sp³-hybridized carbons (Fsp3) is 0.462. The van der Waals surface area contributed by atoms with Gasteiger partial charge in [-0.25, -0.2) is 13.6 Å². The average Bonchev–Trinajstić information content (AvgIpc) is 3.31. The lowest BCUT2D eigenvalue weighted by atomic mass is 9.88. The van der Waals surface area contributed by atoms with E-state index in [1.165, 1.54) is 18.2 Å². The van der Waals surface area contributed by atoms with Crippen LogP contribution in [0.2, 0.25) is 0 Å². The van der Waals surface area contributed by atoms with Crippen LogP contribution in [0, 0.1) is 11.6 Å². The van der Waals surface area contributed by atoms with E-state index in [1.54, 1.807) is 23.1 Å². The summed E-state index contributed by atoms with van der Waals surface area (Å²) in [5.74, 6) is -0.481. The van der Waals surface area contributed by atoms with Crippen LogP contribution in [0.3, 0.4) is 0 Å². The molecule has 5 rings (SSSR count). The summed E-state index contributed by atoms with van der Waals surface area (Å²) in [6.07, 6.45) is 5.02. The first-order valence-corrected chi connectivity index (χ1v) is 12.1. The number of hydrogen-bond acceptors (Lipinski definition) is 4. The van der Waals surface area contributed by atoms with Gasteiger partial charge >= 0.3 is 6.03 Å². The molecule has 0 saturated carbocycles. The first-order chi connectivity index (χ1) is 16.5. The molecule has 0 radical (unpaired) electrons. The quantitative estimate of drug-likeness (QED) is 0.461. The number of urea groups is 1. The highest BCUT2D eigenvalue weighted by molar-refractivity contribution is 6.01. The topological polar surface area (TPSA) is 55.9 Å². The maximum absolute atomic E-state index is 14.2. The molecule has 2 aromatic rings. The van der Waals surface area contributed by atoms with Crippen molar-refractivity contribution in [2.24, 2.45) is 0 Å². The number of likely N-dealkylation sites (tertiary alicyclic amines) is 1.